The molecule has 0 saturated carbocycles. The molecule has 0 saturated heterocycles. The molecule has 1 amide bonds. The van der Waals surface area contributed by atoms with Crippen molar-refractivity contribution in [3.05, 3.63) is 33.4 Å². The number of aryl methyl sites for hydroxylation is 1. The quantitative estimate of drug-likeness (QED) is 0.543. The van der Waals surface area contributed by atoms with Crippen LogP contribution in [0.25, 0.3) is 0 Å². The Kier molecular flexibility index (Phi) is 8.05. The van der Waals surface area contributed by atoms with Gasteiger partial charge in [0.05, 0.1) is 0 Å². The molecule has 1 atom stereocenters. The van der Waals surface area contributed by atoms with Gasteiger partial charge in [-0.3, -0.25) is 4.79 Å². The average molecular weight is 374 g/mol. The summed E-state index contributed by atoms with van der Waals surface area (Å²) in [5.74, 6) is 0.118. The number of carbonyl (C=O) groups excluding carboxylic acids is 1. The third kappa shape index (κ3) is 7.52. The maximum absolute atomic E-state index is 11.5. The molecule has 0 fully saturated rings. The van der Waals surface area contributed by atoms with E-state index in [9.17, 15) is 4.79 Å². The van der Waals surface area contributed by atoms with E-state index in [-0.39, 0.29) is 11.9 Å². The Morgan fingerprint density at radius 2 is 1.95 bits per heavy atom. The highest BCUT2D eigenvalue weighted by Crippen LogP contribution is 2.10. The lowest BCUT2D eigenvalue weighted by atomic mass is 10.1. The first-order valence-electron chi connectivity index (χ1n) is 6.85. The molecule has 0 radical (unpaired) electrons. The topological polar surface area (TPSA) is 55.1 Å². The number of hydrogen-bond donors (Lipinski definition) is 2. The molecule has 1 aromatic rings. The predicted octanol–water partition coefficient (Wildman–Crippen LogP) is 2.86. The van der Waals surface area contributed by atoms with Crippen LogP contribution in [0.3, 0.4) is 0 Å². The summed E-state index contributed by atoms with van der Waals surface area (Å²) in [4.78, 5) is 11.5. The lowest BCUT2D eigenvalue weighted by Crippen LogP contribution is -2.37. The molecule has 3 N–H and O–H groups in total. The van der Waals surface area contributed by atoms with Gasteiger partial charge in [0, 0.05) is 22.6 Å². The van der Waals surface area contributed by atoms with Crippen LogP contribution in [0.4, 0.5) is 0 Å². The zero-order valence-electron chi connectivity index (χ0n) is 11.5. The fourth-order valence-electron chi connectivity index (χ4n) is 1.85. The van der Waals surface area contributed by atoms with Crippen LogP contribution < -0.4 is 11.1 Å². The first kappa shape index (κ1) is 16.4. The van der Waals surface area contributed by atoms with Gasteiger partial charge in [-0.25, -0.2) is 0 Å². The zero-order valence-corrected chi connectivity index (χ0v) is 13.7. The number of hydrogen-bond acceptors (Lipinski definition) is 2. The molecular formula is C15H23IN2O. The molecule has 106 valence electrons. The summed E-state index contributed by atoms with van der Waals surface area (Å²) in [5, 5.41) is 2.88. The minimum Gasteiger partial charge on any atom is -0.352 e. The number of nitrogens with one attached hydrogen (secondary N) is 1. The van der Waals surface area contributed by atoms with Crippen molar-refractivity contribution in [2.45, 2.75) is 45.1 Å². The Labute approximate surface area is 129 Å². The van der Waals surface area contributed by atoms with Crippen LogP contribution in [0.5, 0.6) is 0 Å². The lowest BCUT2D eigenvalue weighted by Gasteiger charge is -2.10. The largest absolute Gasteiger partial charge is 0.352 e. The van der Waals surface area contributed by atoms with Gasteiger partial charge in [-0.2, -0.15) is 0 Å². The van der Waals surface area contributed by atoms with Gasteiger partial charge in [0.15, 0.2) is 0 Å². The number of rotatable bonds is 8. The van der Waals surface area contributed by atoms with Gasteiger partial charge >= 0.3 is 0 Å². The maximum Gasteiger partial charge on any atom is 0.220 e. The van der Waals surface area contributed by atoms with Gasteiger partial charge in [0.2, 0.25) is 5.91 Å². The monoisotopic (exact) mass is 374 g/mol. The Balaban J connectivity index is 2.08. The summed E-state index contributed by atoms with van der Waals surface area (Å²) >= 11 is 2.31. The molecule has 0 aliphatic carbocycles. The minimum atomic E-state index is 0.0827. The second-order valence-electron chi connectivity index (χ2n) is 4.89. The van der Waals surface area contributed by atoms with Crippen LogP contribution in [0, 0.1) is 3.57 Å². The average Bonchev–Trinajstić information content (AvgIpc) is 2.40. The van der Waals surface area contributed by atoms with Crippen LogP contribution in [-0.2, 0) is 11.2 Å². The summed E-state index contributed by atoms with van der Waals surface area (Å²) in [6, 6.07) is 8.71. The number of amides is 1. The lowest BCUT2D eigenvalue weighted by molar-refractivity contribution is -0.121. The summed E-state index contributed by atoms with van der Waals surface area (Å²) in [5.41, 5.74) is 6.83. The molecule has 0 aliphatic heterocycles. The molecule has 0 aliphatic rings. The van der Waals surface area contributed by atoms with Gasteiger partial charge in [-0.1, -0.05) is 18.6 Å². The van der Waals surface area contributed by atoms with Crippen molar-refractivity contribution in [2.75, 3.05) is 6.54 Å². The summed E-state index contributed by atoms with van der Waals surface area (Å²) < 4.78 is 1.27. The molecule has 19 heavy (non-hydrogen) atoms. The van der Waals surface area contributed by atoms with E-state index >= 15 is 0 Å². The Morgan fingerprint density at radius 1 is 1.26 bits per heavy atom. The highest BCUT2D eigenvalue weighted by Gasteiger charge is 2.04. The van der Waals surface area contributed by atoms with E-state index in [1.807, 2.05) is 6.92 Å². The van der Waals surface area contributed by atoms with Gasteiger partial charge in [-0.15, -0.1) is 0 Å². The number of benzene rings is 1. The molecule has 1 aromatic carbocycles. The molecule has 1 rings (SSSR count). The molecule has 3 nitrogen and oxygen atoms in total. The smallest absolute Gasteiger partial charge is 0.220 e. The van der Waals surface area contributed by atoms with Crippen LogP contribution in [0.1, 0.15) is 38.2 Å². The van der Waals surface area contributed by atoms with Crippen LogP contribution in [0.15, 0.2) is 24.3 Å². The van der Waals surface area contributed by atoms with E-state index < -0.39 is 0 Å². The van der Waals surface area contributed by atoms with Gasteiger partial charge in [0.1, 0.15) is 0 Å². The van der Waals surface area contributed by atoms with E-state index in [0.717, 1.165) is 25.7 Å². The van der Waals surface area contributed by atoms with Crippen molar-refractivity contribution in [3.63, 3.8) is 0 Å². The molecule has 0 spiro atoms. The SMILES string of the molecule is C[C@@H](CN)NC(=O)CCCCCc1ccc(I)cc1. The highest BCUT2D eigenvalue weighted by molar-refractivity contribution is 14.1. The highest BCUT2D eigenvalue weighted by atomic mass is 127. The van der Waals surface area contributed by atoms with Crippen molar-refractivity contribution < 1.29 is 4.79 Å². The Bertz CT molecular complexity index is 378. The van der Waals surface area contributed by atoms with E-state index in [1.165, 1.54) is 9.13 Å². The fourth-order valence-corrected chi connectivity index (χ4v) is 2.21. The van der Waals surface area contributed by atoms with E-state index in [0.29, 0.717) is 13.0 Å². The normalized spacial score (nSPS) is 12.2. The Hall–Kier alpha value is -0.620. The van der Waals surface area contributed by atoms with Crippen molar-refractivity contribution in [1.82, 2.24) is 5.32 Å². The second kappa shape index (κ2) is 9.31. The number of carbonyl (C=O) groups is 1. The predicted molar refractivity (Wildman–Crippen MR) is 88.0 cm³/mol. The number of unbranched alkanes of at least 4 members (excludes halogenated alkanes) is 2. The summed E-state index contributed by atoms with van der Waals surface area (Å²) in [6.07, 6.45) is 4.89. The maximum atomic E-state index is 11.5. The van der Waals surface area contributed by atoms with Crippen molar-refractivity contribution in [3.8, 4) is 0 Å². The molecule has 4 heteroatoms. The molecule has 0 bridgehead atoms. The number of halogens is 1. The van der Waals surface area contributed by atoms with E-state index in [4.69, 9.17) is 5.73 Å². The van der Waals surface area contributed by atoms with E-state index in [2.05, 4.69) is 52.2 Å². The second-order valence-corrected chi connectivity index (χ2v) is 6.14. The minimum absolute atomic E-state index is 0.0827. The molecular weight excluding hydrogens is 351 g/mol. The fraction of sp³-hybridized carbons (Fsp3) is 0.533. The molecule has 0 unspecified atom stereocenters. The van der Waals surface area contributed by atoms with Crippen molar-refractivity contribution in [1.29, 1.82) is 0 Å². The summed E-state index contributed by atoms with van der Waals surface area (Å²) in [6.45, 7) is 2.42. The van der Waals surface area contributed by atoms with Gasteiger partial charge in [0.25, 0.3) is 0 Å². The van der Waals surface area contributed by atoms with Crippen molar-refractivity contribution in [2.24, 2.45) is 5.73 Å². The first-order valence-corrected chi connectivity index (χ1v) is 7.93. The van der Waals surface area contributed by atoms with Gasteiger partial charge in [-0.05, 0) is 66.5 Å². The van der Waals surface area contributed by atoms with Crippen LogP contribution in [-0.4, -0.2) is 18.5 Å². The number of nitrogens with two attached hydrogens (primary N) is 1. The third-order valence-electron chi connectivity index (χ3n) is 3.04. The van der Waals surface area contributed by atoms with Crippen molar-refractivity contribution >= 4 is 28.5 Å². The molecule has 0 aromatic heterocycles. The van der Waals surface area contributed by atoms with Crippen LogP contribution in [0.2, 0.25) is 0 Å². The third-order valence-corrected chi connectivity index (χ3v) is 3.76. The van der Waals surface area contributed by atoms with Gasteiger partial charge < -0.3 is 11.1 Å². The zero-order chi connectivity index (χ0) is 14.1. The molecule has 0 heterocycles. The van der Waals surface area contributed by atoms with Crippen LogP contribution >= 0.6 is 22.6 Å². The van der Waals surface area contributed by atoms with E-state index in [1.54, 1.807) is 0 Å². The Morgan fingerprint density at radius 3 is 2.58 bits per heavy atom. The first-order chi connectivity index (χ1) is 9.11. The summed E-state index contributed by atoms with van der Waals surface area (Å²) in [7, 11) is 0. The standard InChI is InChI=1S/C15H23IN2O/c1-12(11-17)18-15(19)6-4-2-3-5-13-7-9-14(16)10-8-13/h7-10,12H,2-6,11,17H2,1H3,(H,18,19)/t12-/m0/s1.